The molecule has 0 atom stereocenters. The second-order valence-corrected chi connectivity index (χ2v) is 8.13. The number of carbonyl (C=O) groups excluding carboxylic acids is 1. The molecule has 0 amide bonds. The summed E-state index contributed by atoms with van der Waals surface area (Å²) in [7, 11) is 0. The Hall–Kier alpha value is -2.53. The van der Waals surface area contributed by atoms with Crippen LogP contribution in [0.5, 0.6) is 17.2 Å². The molecule has 3 aliphatic heterocycles. The topological polar surface area (TPSA) is 48.0 Å². The first-order chi connectivity index (χ1) is 14.3. The van der Waals surface area contributed by atoms with Gasteiger partial charge in [0.1, 0.15) is 19.0 Å². The Labute approximate surface area is 171 Å². The van der Waals surface area contributed by atoms with E-state index >= 15 is 0 Å². The van der Waals surface area contributed by atoms with Crippen LogP contribution in [0, 0.1) is 5.92 Å². The van der Waals surface area contributed by atoms with Gasteiger partial charge in [-0.2, -0.15) is 0 Å². The van der Waals surface area contributed by atoms with E-state index < -0.39 is 0 Å². The van der Waals surface area contributed by atoms with Crippen molar-refractivity contribution in [2.24, 2.45) is 5.92 Å². The van der Waals surface area contributed by atoms with Crippen LogP contribution in [0.1, 0.15) is 34.3 Å². The van der Waals surface area contributed by atoms with E-state index in [1.807, 2.05) is 18.2 Å². The summed E-state index contributed by atoms with van der Waals surface area (Å²) in [5.74, 6) is 2.82. The third-order valence-electron chi connectivity index (χ3n) is 6.26. The van der Waals surface area contributed by atoms with Gasteiger partial charge in [0.25, 0.3) is 0 Å². The van der Waals surface area contributed by atoms with Crippen LogP contribution in [0.3, 0.4) is 0 Å². The normalized spacial score (nSPS) is 18.9. The third kappa shape index (κ3) is 3.97. The van der Waals surface area contributed by atoms with Crippen LogP contribution in [0.2, 0.25) is 0 Å². The molecule has 0 N–H and O–H groups in total. The van der Waals surface area contributed by atoms with Crippen LogP contribution in [0.15, 0.2) is 36.4 Å². The van der Waals surface area contributed by atoms with Crippen LogP contribution >= 0.6 is 0 Å². The Morgan fingerprint density at radius 2 is 1.66 bits per heavy atom. The number of Topliss-reactive ketones (excluding diaryl/α,β-unsaturated/α-hetero) is 1. The number of nitrogens with zero attached hydrogens (tertiary/aromatic N) is 1. The summed E-state index contributed by atoms with van der Waals surface area (Å²) in [5.41, 5.74) is 3.46. The number of fused-ring (bicyclic) bond motifs is 2. The average Bonchev–Trinajstić information content (AvgIpc) is 3.25. The lowest BCUT2D eigenvalue weighted by Gasteiger charge is -2.31. The second-order valence-electron chi connectivity index (χ2n) is 8.13. The average molecular weight is 393 g/mol. The third-order valence-corrected chi connectivity index (χ3v) is 6.26. The molecule has 29 heavy (non-hydrogen) atoms. The summed E-state index contributed by atoms with van der Waals surface area (Å²) in [6.07, 6.45) is 3.92. The summed E-state index contributed by atoms with van der Waals surface area (Å²) < 4.78 is 16.8. The van der Waals surface area contributed by atoms with Gasteiger partial charge in [-0.3, -0.25) is 4.79 Å². The van der Waals surface area contributed by atoms with Gasteiger partial charge in [0.05, 0.1) is 6.61 Å². The van der Waals surface area contributed by atoms with Gasteiger partial charge in [0.2, 0.25) is 0 Å². The first-order valence-electron chi connectivity index (χ1n) is 10.7. The molecule has 3 aliphatic rings. The zero-order valence-corrected chi connectivity index (χ0v) is 16.7. The lowest BCUT2D eigenvalue weighted by Crippen LogP contribution is -2.37. The lowest BCUT2D eigenvalue weighted by atomic mass is 9.88. The standard InChI is InChI=1S/C24H27NO4/c26-24(20-2-4-22-23(16-20)29-14-13-28-22)18-6-10-25(11-7-18)9-5-17-1-3-21-19(15-17)8-12-27-21/h1-4,15-16,18H,5-14H2. The molecule has 0 bridgehead atoms. The van der Waals surface area contributed by atoms with Crippen LogP contribution < -0.4 is 14.2 Å². The fourth-order valence-electron chi connectivity index (χ4n) is 4.53. The molecule has 5 rings (SSSR count). The molecular formula is C24H27NO4. The molecule has 0 saturated carbocycles. The highest BCUT2D eigenvalue weighted by Crippen LogP contribution is 2.32. The summed E-state index contributed by atoms with van der Waals surface area (Å²) >= 11 is 0. The maximum Gasteiger partial charge on any atom is 0.166 e. The Balaban J connectivity index is 1.14. The highest BCUT2D eigenvalue weighted by Gasteiger charge is 2.27. The molecule has 0 aliphatic carbocycles. The number of hydrogen-bond donors (Lipinski definition) is 0. The van der Waals surface area contributed by atoms with E-state index in [4.69, 9.17) is 14.2 Å². The van der Waals surface area contributed by atoms with E-state index in [0.717, 1.165) is 69.0 Å². The first-order valence-corrected chi connectivity index (χ1v) is 10.7. The van der Waals surface area contributed by atoms with E-state index in [-0.39, 0.29) is 11.7 Å². The van der Waals surface area contributed by atoms with Gasteiger partial charge in [-0.05, 0) is 67.7 Å². The minimum atomic E-state index is 0.103. The molecule has 3 heterocycles. The molecule has 1 fully saturated rings. The molecule has 2 aromatic rings. The van der Waals surface area contributed by atoms with Gasteiger partial charge in [-0.25, -0.2) is 0 Å². The fraction of sp³-hybridized carbons (Fsp3) is 0.458. The predicted molar refractivity (Wildman–Crippen MR) is 110 cm³/mol. The van der Waals surface area contributed by atoms with Gasteiger partial charge >= 0.3 is 0 Å². The van der Waals surface area contributed by atoms with Crippen molar-refractivity contribution in [2.45, 2.75) is 25.7 Å². The van der Waals surface area contributed by atoms with E-state index in [1.165, 1.54) is 11.1 Å². The zero-order chi connectivity index (χ0) is 19.6. The van der Waals surface area contributed by atoms with E-state index in [1.54, 1.807) is 0 Å². The Morgan fingerprint density at radius 3 is 2.52 bits per heavy atom. The van der Waals surface area contributed by atoms with Crippen LogP contribution in [0.4, 0.5) is 0 Å². The molecule has 0 spiro atoms. The summed E-state index contributed by atoms with van der Waals surface area (Å²) in [4.78, 5) is 15.4. The smallest absolute Gasteiger partial charge is 0.166 e. The maximum atomic E-state index is 13.0. The number of piperidine rings is 1. The lowest BCUT2D eigenvalue weighted by molar-refractivity contribution is 0.0840. The van der Waals surface area contributed by atoms with Crippen molar-refractivity contribution in [3.8, 4) is 17.2 Å². The molecule has 5 heteroatoms. The molecule has 0 unspecified atom stereocenters. The minimum absolute atomic E-state index is 0.103. The Kier molecular flexibility index (Phi) is 5.15. The van der Waals surface area contributed by atoms with Crippen molar-refractivity contribution >= 4 is 5.78 Å². The molecule has 0 aromatic heterocycles. The first kappa shape index (κ1) is 18.5. The number of ketones is 1. The highest BCUT2D eigenvalue weighted by molar-refractivity contribution is 5.98. The van der Waals surface area contributed by atoms with Gasteiger partial charge in [0, 0.05) is 24.4 Å². The highest BCUT2D eigenvalue weighted by atomic mass is 16.6. The quantitative estimate of drug-likeness (QED) is 0.728. The number of carbonyl (C=O) groups is 1. The van der Waals surface area contributed by atoms with Gasteiger partial charge in [-0.15, -0.1) is 0 Å². The summed E-state index contributed by atoms with van der Waals surface area (Å²) in [5, 5.41) is 0. The molecule has 1 saturated heterocycles. The van der Waals surface area contributed by atoms with Crippen molar-refractivity contribution in [3.05, 3.63) is 53.1 Å². The van der Waals surface area contributed by atoms with Crippen molar-refractivity contribution in [1.82, 2.24) is 4.90 Å². The molecule has 5 nitrogen and oxygen atoms in total. The van der Waals surface area contributed by atoms with E-state index in [0.29, 0.717) is 19.0 Å². The maximum absolute atomic E-state index is 13.0. The van der Waals surface area contributed by atoms with Crippen LogP contribution in [0.25, 0.3) is 0 Å². The Bertz CT molecular complexity index is 902. The number of hydrogen-bond acceptors (Lipinski definition) is 5. The zero-order valence-electron chi connectivity index (χ0n) is 16.7. The minimum Gasteiger partial charge on any atom is -0.493 e. The number of rotatable bonds is 5. The Morgan fingerprint density at radius 1 is 0.897 bits per heavy atom. The monoisotopic (exact) mass is 393 g/mol. The van der Waals surface area contributed by atoms with Crippen molar-refractivity contribution in [1.29, 1.82) is 0 Å². The van der Waals surface area contributed by atoms with Crippen molar-refractivity contribution in [2.75, 3.05) is 39.5 Å². The summed E-state index contributed by atoms with van der Waals surface area (Å²) in [6.45, 7) is 4.93. The van der Waals surface area contributed by atoms with Crippen LogP contribution in [-0.2, 0) is 12.8 Å². The van der Waals surface area contributed by atoms with Gasteiger partial charge in [0.15, 0.2) is 17.3 Å². The number of ether oxygens (including phenoxy) is 3. The molecule has 2 aromatic carbocycles. The second kappa shape index (κ2) is 8.07. The number of likely N-dealkylation sites (tertiary alicyclic amines) is 1. The molecular weight excluding hydrogens is 366 g/mol. The molecule has 0 radical (unpaired) electrons. The van der Waals surface area contributed by atoms with E-state index in [9.17, 15) is 4.79 Å². The fourth-order valence-corrected chi connectivity index (χ4v) is 4.53. The van der Waals surface area contributed by atoms with Crippen molar-refractivity contribution in [3.63, 3.8) is 0 Å². The summed E-state index contributed by atoms with van der Waals surface area (Å²) in [6, 6.07) is 12.2. The van der Waals surface area contributed by atoms with Crippen LogP contribution in [-0.4, -0.2) is 50.1 Å². The predicted octanol–water partition coefficient (Wildman–Crippen LogP) is 3.53. The number of benzene rings is 2. The molecule has 152 valence electrons. The SMILES string of the molecule is O=C(c1ccc2c(c1)OCCO2)C1CCN(CCc2ccc3c(c2)CCO3)CC1. The largest absolute Gasteiger partial charge is 0.493 e. The van der Waals surface area contributed by atoms with Gasteiger partial charge < -0.3 is 19.1 Å². The van der Waals surface area contributed by atoms with Gasteiger partial charge in [-0.1, -0.05) is 12.1 Å². The van der Waals surface area contributed by atoms with E-state index in [2.05, 4.69) is 23.1 Å². The van der Waals surface area contributed by atoms with Crippen molar-refractivity contribution < 1.29 is 19.0 Å².